The molecule has 1 atom stereocenters. The van der Waals surface area contributed by atoms with Crippen molar-refractivity contribution in [2.75, 3.05) is 19.8 Å². The summed E-state index contributed by atoms with van der Waals surface area (Å²) < 4.78 is 5.43. The van der Waals surface area contributed by atoms with E-state index in [2.05, 4.69) is 19.2 Å². The summed E-state index contributed by atoms with van der Waals surface area (Å²) in [5.74, 6) is 1.88. The molecule has 82 valence electrons. The first-order valence-electron chi connectivity index (χ1n) is 6.00. The van der Waals surface area contributed by atoms with Gasteiger partial charge in [0.25, 0.3) is 0 Å². The van der Waals surface area contributed by atoms with Gasteiger partial charge in [-0.25, -0.2) is 0 Å². The Morgan fingerprint density at radius 2 is 1.79 bits per heavy atom. The maximum Gasteiger partial charge on any atom is 0.0468 e. The number of nitrogens with one attached hydrogen (secondary N) is 1. The van der Waals surface area contributed by atoms with Gasteiger partial charge in [0, 0.05) is 18.8 Å². The third-order valence-corrected chi connectivity index (χ3v) is 3.82. The van der Waals surface area contributed by atoms with E-state index in [0.29, 0.717) is 5.54 Å². The van der Waals surface area contributed by atoms with Gasteiger partial charge in [-0.2, -0.15) is 0 Å². The monoisotopic (exact) mass is 197 g/mol. The first-order valence-corrected chi connectivity index (χ1v) is 6.00. The molecular weight excluding hydrogens is 174 g/mol. The van der Waals surface area contributed by atoms with E-state index in [9.17, 15) is 0 Å². The Hall–Kier alpha value is -0.0800. The zero-order valence-corrected chi connectivity index (χ0v) is 9.51. The standard InChI is InChI=1S/C12H23NO/c1-12(2)9-11(3-6-13-12)10-4-7-14-8-5-10/h10-11,13H,3-9H2,1-2H3. The first-order chi connectivity index (χ1) is 6.67. The zero-order chi connectivity index (χ0) is 10.0. The molecule has 0 amide bonds. The second-order valence-corrected chi connectivity index (χ2v) is 5.51. The fourth-order valence-electron chi connectivity index (χ4n) is 3.02. The highest BCUT2D eigenvalue weighted by atomic mass is 16.5. The van der Waals surface area contributed by atoms with Gasteiger partial charge in [0.15, 0.2) is 0 Å². The van der Waals surface area contributed by atoms with E-state index in [0.717, 1.165) is 25.0 Å². The second-order valence-electron chi connectivity index (χ2n) is 5.51. The minimum atomic E-state index is 0.362. The first kappa shape index (κ1) is 10.4. The lowest BCUT2D eigenvalue weighted by Crippen LogP contribution is -2.48. The van der Waals surface area contributed by atoms with Crippen LogP contribution in [0.4, 0.5) is 0 Å². The molecule has 1 unspecified atom stereocenters. The summed E-state index contributed by atoms with van der Waals surface area (Å²) in [5, 5.41) is 3.60. The molecule has 2 heterocycles. The van der Waals surface area contributed by atoms with Crippen molar-refractivity contribution in [1.82, 2.24) is 5.32 Å². The molecule has 2 saturated heterocycles. The minimum absolute atomic E-state index is 0.362. The largest absolute Gasteiger partial charge is 0.381 e. The van der Waals surface area contributed by atoms with Crippen molar-refractivity contribution >= 4 is 0 Å². The lowest BCUT2D eigenvalue weighted by molar-refractivity contribution is 0.0313. The molecule has 14 heavy (non-hydrogen) atoms. The summed E-state index contributed by atoms with van der Waals surface area (Å²) in [5.41, 5.74) is 0.362. The van der Waals surface area contributed by atoms with Crippen LogP contribution in [0, 0.1) is 11.8 Å². The maximum atomic E-state index is 5.43. The van der Waals surface area contributed by atoms with E-state index in [1.54, 1.807) is 0 Å². The molecule has 0 spiro atoms. The number of hydrogen-bond donors (Lipinski definition) is 1. The van der Waals surface area contributed by atoms with Crippen molar-refractivity contribution in [1.29, 1.82) is 0 Å². The molecule has 2 heteroatoms. The van der Waals surface area contributed by atoms with Crippen molar-refractivity contribution < 1.29 is 4.74 Å². The van der Waals surface area contributed by atoms with Crippen LogP contribution < -0.4 is 5.32 Å². The third kappa shape index (κ3) is 2.48. The number of piperidine rings is 1. The highest BCUT2D eigenvalue weighted by Gasteiger charge is 2.32. The molecule has 0 aromatic carbocycles. The van der Waals surface area contributed by atoms with E-state index in [4.69, 9.17) is 4.74 Å². The van der Waals surface area contributed by atoms with Crippen LogP contribution in [0.3, 0.4) is 0 Å². The van der Waals surface area contributed by atoms with Crippen LogP contribution in [0.1, 0.15) is 39.5 Å². The molecule has 0 radical (unpaired) electrons. The molecule has 0 saturated carbocycles. The van der Waals surface area contributed by atoms with Crippen LogP contribution in [0.2, 0.25) is 0 Å². The van der Waals surface area contributed by atoms with Crippen LogP contribution in [0.25, 0.3) is 0 Å². The van der Waals surface area contributed by atoms with Gasteiger partial charge in [0.05, 0.1) is 0 Å². The number of hydrogen-bond acceptors (Lipinski definition) is 2. The lowest BCUT2D eigenvalue weighted by atomic mass is 9.74. The molecule has 2 nitrogen and oxygen atoms in total. The molecule has 2 rings (SSSR count). The van der Waals surface area contributed by atoms with Crippen molar-refractivity contribution in [3.8, 4) is 0 Å². The fourth-order valence-corrected chi connectivity index (χ4v) is 3.02. The van der Waals surface area contributed by atoms with Gasteiger partial charge in [-0.3, -0.25) is 0 Å². The van der Waals surface area contributed by atoms with Gasteiger partial charge in [-0.05, 0) is 57.9 Å². The van der Waals surface area contributed by atoms with Crippen LogP contribution in [-0.2, 0) is 4.74 Å². The van der Waals surface area contributed by atoms with Gasteiger partial charge in [0.1, 0.15) is 0 Å². The topological polar surface area (TPSA) is 21.3 Å². The summed E-state index contributed by atoms with van der Waals surface area (Å²) in [4.78, 5) is 0. The van der Waals surface area contributed by atoms with Crippen molar-refractivity contribution in [2.45, 2.75) is 45.1 Å². The average molecular weight is 197 g/mol. The number of rotatable bonds is 1. The van der Waals surface area contributed by atoms with Gasteiger partial charge >= 0.3 is 0 Å². The summed E-state index contributed by atoms with van der Waals surface area (Å²) in [6.45, 7) is 7.86. The SMILES string of the molecule is CC1(C)CC(C2CCOCC2)CCN1. The zero-order valence-electron chi connectivity index (χ0n) is 9.51. The van der Waals surface area contributed by atoms with Gasteiger partial charge in [0.2, 0.25) is 0 Å². The molecular formula is C12H23NO. The van der Waals surface area contributed by atoms with E-state index in [1.165, 1.54) is 32.2 Å². The van der Waals surface area contributed by atoms with Crippen LogP contribution in [0.5, 0.6) is 0 Å². The van der Waals surface area contributed by atoms with E-state index in [1.807, 2.05) is 0 Å². The summed E-state index contributed by atoms with van der Waals surface area (Å²) in [6, 6.07) is 0. The Labute approximate surface area is 87.4 Å². The molecule has 2 aliphatic heterocycles. The molecule has 0 aromatic rings. The highest BCUT2D eigenvalue weighted by Crippen LogP contribution is 2.34. The molecule has 2 aliphatic rings. The van der Waals surface area contributed by atoms with Gasteiger partial charge in [-0.15, -0.1) is 0 Å². The lowest BCUT2D eigenvalue weighted by Gasteiger charge is -2.41. The normalized spacial score (nSPS) is 34.3. The van der Waals surface area contributed by atoms with E-state index < -0.39 is 0 Å². The summed E-state index contributed by atoms with van der Waals surface area (Å²) >= 11 is 0. The Balaban J connectivity index is 1.89. The van der Waals surface area contributed by atoms with Crippen molar-refractivity contribution in [3.05, 3.63) is 0 Å². The molecule has 0 aliphatic carbocycles. The Morgan fingerprint density at radius 1 is 1.07 bits per heavy atom. The number of ether oxygens (including phenoxy) is 1. The van der Waals surface area contributed by atoms with Crippen LogP contribution in [-0.4, -0.2) is 25.3 Å². The fraction of sp³-hybridized carbons (Fsp3) is 1.00. The molecule has 0 aromatic heterocycles. The summed E-state index contributed by atoms with van der Waals surface area (Å²) in [6.07, 6.45) is 5.30. The predicted molar refractivity (Wildman–Crippen MR) is 58.3 cm³/mol. The quantitative estimate of drug-likeness (QED) is 0.696. The Kier molecular flexibility index (Phi) is 3.13. The summed E-state index contributed by atoms with van der Waals surface area (Å²) in [7, 11) is 0. The van der Waals surface area contributed by atoms with Crippen LogP contribution in [0.15, 0.2) is 0 Å². The second kappa shape index (κ2) is 4.19. The highest BCUT2D eigenvalue weighted by molar-refractivity contribution is 4.89. The molecule has 2 fully saturated rings. The average Bonchev–Trinajstić information content (AvgIpc) is 2.18. The van der Waals surface area contributed by atoms with Crippen LogP contribution >= 0.6 is 0 Å². The minimum Gasteiger partial charge on any atom is -0.381 e. The van der Waals surface area contributed by atoms with Gasteiger partial charge in [-0.1, -0.05) is 0 Å². The Morgan fingerprint density at radius 3 is 2.43 bits per heavy atom. The molecule has 0 bridgehead atoms. The Bertz CT molecular complexity index is 185. The van der Waals surface area contributed by atoms with E-state index >= 15 is 0 Å². The van der Waals surface area contributed by atoms with Gasteiger partial charge < -0.3 is 10.1 Å². The molecule has 1 N–H and O–H groups in total. The maximum absolute atomic E-state index is 5.43. The van der Waals surface area contributed by atoms with Crippen molar-refractivity contribution in [3.63, 3.8) is 0 Å². The van der Waals surface area contributed by atoms with E-state index in [-0.39, 0.29) is 0 Å². The van der Waals surface area contributed by atoms with Crippen molar-refractivity contribution in [2.24, 2.45) is 11.8 Å². The third-order valence-electron chi connectivity index (χ3n) is 3.82. The smallest absolute Gasteiger partial charge is 0.0468 e. The predicted octanol–water partition coefficient (Wildman–Crippen LogP) is 2.19.